The van der Waals surface area contributed by atoms with Gasteiger partial charge in [0.2, 0.25) is 0 Å². The van der Waals surface area contributed by atoms with E-state index in [0.29, 0.717) is 0 Å². The Kier molecular flexibility index (Phi) is 2.25. The molecule has 0 bridgehead atoms. The molecular formula is C7H7NO6. The van der Waals surface area contributed by atoms with E-state index in [4.69, 9.17) is 24.6 Å². The molecule has 2 rings (SSSR count). The van der Waals surface area contributed by atoms with E-state index in [2.05, 4.69) is 4.74 Å². The summed E-state index contributed by atoms with van der Waals surface area (Å²) in [4.78, 5) is 10.6. The molecule has 76 valence electrons. The summed E-state index contributed by atoms with van der Waals surface area (Å²) >= 11 is 0. The third kappa shape index (κ3) is 1.50. The Hall–Kier alpha value is -1.36. The van der Waals surface area contributed by atoms with Gasteiger partial charge in [0.1, 0.15) is 12.7 Å². The first kappa shape index (κ1) is 9.21. The summed E-state index contributed by atoms with van der Waals surface area (Å²) in [7, 11) is 0. The molecule has 7 nitrogen and oxygen atoms in total. The van der Waals surface area contributed by atoms with Crippen molar-refractivity contribution in [1.29, 1.82) is 5.26 Å². The molecule has 0 aliphatic carbocycles. The fourth-order valence-electron chi connectivity index (χ4n) is 1.33. The molecule has 0 radical (unpaired) electrons. The van der Waals surface area contributed by atoms with E-state index in [1.165, 1.54) is 0 Å². The molecule has 0 aromatic carbocycles. The molecule has 0 aromatic heterocycles. The predicted molar refractivity (Wildman–Crippen MR) is 37.6 cm³/mol. The molecule has 4 atom stereocenters. The lowest BCUT2D eigenvalue weighted by molar-refractivity contribution is -0.212. The number of aliphatic hydroxyl groups excluding tert-OH is 1. The molecule has 2 saturated heterocycles. The number of nitriles is 1. The second kappa shape index (κ2) is 3.42. The van der Waals surface area contributed by atoms with Gasteiger partial charge in [0.05, 0.1) is 6.07 Å². The van der Waals surface area contributed by atoms with E-state index in [1.54, 1.807) is 6.07 Å². The van der Waals surface area contributed by atoms with E-state index < -0.39 is 30.9 Å². The fraction of sp³-hybridized carbons (Fsp3) is 0.714. The van der Waals surface area contributed by atoms with Crippen molar-refractivity contribution in [2.45, 2.75) is 24.8 Å². The van der Waals surface area contributed by atoms with E-state index in [0.717, 1.165) is 0 Å². The first-order valence-corrected chi connectivity index (χ1v) is 3.92. The zero-order valence-electron chi connectivity index (χ0n) is 6.95. The number of aliphatic hydroxyl groups is 1. The van der Waals surface area contributed by atoms with Crippen molar-refractivity contribution in [2.24, 2.45) is 0 Å². The molecule has 2 aliphatic heterocycles. The second-order valence-electron chi connectivity index (χ2n) is 2.81. The SMILES string of the molecule is N#CC1OC(O)OC1C1COC(=O)O1. The number of carbonyl (C=O) groups is 1. The molecule has 7 heteroatoms. The van der Waals surface area contributed by atoms with Gasteiger partial charge in [0.15, 0.2) is 12.2 Å². The number of ether oxygens (including phenoxy) is 4. The van der Waals surface area contributed by atoms with Gasteiger partial charge in [-0.05, 0) is 0 Å². The average Bonchev–Trinajstić information content (AvgIpc) is 2.71. The number of hydrogen-bond acceptors (Lipinski definition) is 7. The maximum atomic E-state index is 10.6. The van der Waals surface area contributed by atoms with Crippen LogP contribution in [0.4, 0.5) is 4.79 Å². The number of cyclic esters (lactones) is 2. The van der Waals surface area contributed by atoms with Crippen molar-refractivity contribution in [1.82, 2.24) is 0 Å². The quantitative estimate of drug-likeness (QED) is 0.549. The number of rotatable bonds is 1. The molecule has 4 unspecified atom stereocenters. The molecule has 0 amide bonds. The van der Waals surface area contributed by atoms with E-state index in [-0.39, 0.29) is 6.61 Å². The second-order valence-corrected chi connectivity index (χ2v) is 2.81. The molecule has 1 N–H and O–H groups in total. The van der Waals surface area contributed by atoms with Crippen LogP contribution >= 0.6 is 0 Å². The van der Waals surface area contributed by atoms with Crippen molar-refractivity contribution in [3.63, 3.8) is 0 Å². The van der Waals surface area contributed by atoms with Crippen molar-refractivity contribution in [3.8, 4) is 6.07 Å². The summed E-state index contributed by atoms with van der Waals surface area (Å²) in [5.41, 5.74) is 0. The zero-order chi connectivity index (χ0) is 10.1. The lowest BCUT2D eigenvalue weighted by Crippen LogP contribution is -2.36. The first-order chi connectivity index (χ1) is 6.70. The first-order valence-electron chi connectivity index (χ1n) is 3.92. The summed E-state index contributed by atoms with van der Waals surface area (Å²) < 4.78 is 18.8. The summed E-state index contributed by atoms with van der Waals surface area (Å²) in [6.45, 7) is -1.46. The van der Waals surface area contributed by atoms with E-state index >= 15 is 0 Å². The lowest BCUT2D eigenvalue weighted by Gasteiger charge is -2.14. The van der Waals surface area contributed by atoms with Crippen LogP contribution in [-0.4, -0.2) is 42.7 Å². The Morgan fingerprint density at radius 1 is 1.50 bits per heavy atom. The van der Waals surface area contributed by atoms with Crippen LogP contribution in [0.3, 0.4) is 0 Å². The summed E-state index contributed by atoms with van der Waals surface area (Å²) in [6, 6.07) is 1.78. The van der Waals surface area contributed by atoms with Crippen LogP contribution in [0.1, 0.15) is 0 Å². The van der Waals surface area contributed by atoms with Crippen LogP contribution < -0.4 is 0 Å². The molecule has 0 spiro atoms. The zero-order valence-corrected chi connectivity index (χ0v) is 6.95. The van der Waals surface area contributed by atoms with Gasteiger partial charge in [-0.2, -0.15) is 5.26 Å². The van der Waals surface area contributed by atoms with E-state index in [9.17, 15) is 4.79 Å². The standard InChI is InChI=1S/C7H7NO6/c8-1-3-5(14-7(10)12-3)4-2-11-6(9)13-4/h3-5,7,10H,2H2. The molecule has 0 aromatic rings. The van der Waals surface area contributed by atoms with Gasteiger partial charge in [0, 0.05) is 0 Å². The minimum atomic E-state index is -1.45. The van der Waals surface area contributed by atoms with Crippen LogP contribution in [0.2, 0.25) is 0 Å². The molecule has 2 aliphatic rings. The van der Waals surface area contributed by atoms with Gasteiger partial charge in [-0.15, -0.1) is 0 Å². The van der Waals surface area contributed by atoms with Gasteiger partial charge < -0.3 is 24.1 Å². The third-order valence-corrected chi connectivity index (χ3v) is 1.94. The summed E-state index contributed by atoms with van der Waals surface area (Å²) in [6.07, 6.45) is -3.27. The van der Waals surface area contributed by atoms with Crippen LogP contribution in [-0.2, 0) is 18.9 Å². The molecule has 2 heterocycles. The van der Waals surface area contributed by atoms with Crippen molar-refractivity contribution >= 4 is 6.16 Å². The van der Waals surface area contributed by atoms with Crippen LogP contribution in [0.25, 0.3) is 0 Å². The highest BCUT2D eigenvalue weighted by atomic mass is 16.8. The normalized spacial score (nSPS) is 41.6. The van der Waals surface area contributed by atoms with Crippen molar-refractivity contribution in [3.05, 3.63) is 0 Å². The van der Waals surface area contributed by atoms with Crippen molar-refractivity contribution in [2.75, 3.05) is 6.61 Å². The Morgan fingerprint density at radius 3 is 2.86 bits per heavy atom. The topological polar surface area (TPSA) is 98.0 Å². The van der Waals surface area contributed by atoms with Crippen molar-refractivity contribution < 1.29 is 28.8 Å². The third-order valence-electron chi connectivity index (χ3n) is 1.94. The molecule has 0 saturated carbocycles. The average molecular weight is 201 g/mol. The van der Waals surface area contributed by atoms with Gasteiger partial charge in [-0.25, -0.2) is 4.79 Å². The lowest BCUT2D eigenvalue weighted by atomic mass is 10.1. The Balaban J connectivity index is 2.03. The van der Waals surface area contributed by atoms with Crippen LogP contribution in [0.5, 0.6) is 0 Å². The smallest absolute Gasteiger partial charge is 0.430 e. The number of nitrogens with zero attached hydrogens (tertiary/aromatic N) is 1. The van der Waals surface area contributed by atoms with Crippen LogP contribution in [0, 0.1) is 11.3 Å². The maximum Gasteiger partial charge on any atom is 0.508 e. The maximum absolute atomic E-state index is 10.6. The molecule has 14 heavy (non-hydrogen) atoms. The predicted octanol–water partition coefficient (Wildman–Crippen LogP) is -0.895. The Labute approximate surface area is 78.7 Å². The van der Waals surface area contributed by atoms with Gasteiger partial charge in [-0.3, -0.25) is 0 Å². The number of carbonyl (C=O) groups excluding carboxylic acids is 1. The highest BCUT2D eigenvalue weighted by Gasteiger charge is 2.45. The van der Waals surface area contributed by atoms with E-state index in [1.807, 2.05) is 0 Å². The monoisotopic (exact) mass is 201 g/mol. The summed E-state index contributed by atoms with van der Waals surface area (Å²) in [5.74, 6) is 0. The highest BCUT2D eigenvalue weighted by molar-refractivity contribution is 5.62. The fourth-order valence-corrected chi connectivity index (χ4v) is 1.33. The largest absolute Gasteiger partial charge is 0.508 e. The van der Waals surface area contributed by atoms with Gasteiger partial charge in [-0.1, -0.05) is 0 Å². The number of hydrogen-bond donors (Lipinski definition) is 1. The highest BCUT2D eigenvalue weighted by Crippen LogP contribution is 2.24. The molecular weight excluding hydrogens is 194 g/mol. The minimum Gasteiger partial charge on any atom is -0.430 e. The van der Waals surface area contributed by atoms with Gasteiger partial charge in [0.25, 0.3) is 6.48 Å². The van der Waals surface area contributed by atoms with Gasteiger partial charge >= 0.3 is 6.16 Å². The Bertz CT molecular complexity index is 286. The minimum absolute atomic E-state index is 0.00222. The molecule has 2 fully saturated rings. The Morgan fingerprint density at radius 2 is 2.29 bits per heavy atom. The summed E-state index contributed by atoms with van der Waals surface area (Å²) in [5, 5.41) is 17.6. The van der Waals surface area contributed by atoms with Crippen LogP contribution in [0.15, 0.2) is 0 Å².